The number of carbonyl (C=O) groups excluding carboxylic acids is 1. The molecule has 3 unspecified atom stereocenters. The SMILES string of the molecule is COC(=O)C1C2(C)C(Br)=C(Br)[C@@](C)(S2=O)C12CC2. The zero-order valence-electron chi connectivity index (χ0n) is 10.4. The highest BCUT2D eigenvalue weighted by Gasteiger charge is 2.83. The Morgan fingerprint density at radius 3 is 2.33 bits per heavy atom. The lowest BCUT2D eigenvalue weighted by Crippen LogP contribution is -2.45. The van der Waals surface area contributed by atoms with Crippen LogP contribution < -0.4 is 0 Å². The Labute approximate surface area is 125 Å². The van der Waals surface area contributed by atoms with Crippen molar-refractivity contribution in [3.05, 3.63) is 8.96 Å². The number of rotatable bonds is 1. The second-order valence-electron chi connectivity index (χ2n) is 5.65. The van der Waals surface area contributed by atoms with E-state index in [1.54, 1.807) is 0 Å². The van der Waals surface area contributed by atoms with E-state index in [0.717, 1.165) is 21.8 Å². The maximum Gasteiger partial charge on any atom is 0.311 e. The van der Waals surface area contributed by atoms with Gasteiger partial charge in [-0.05, 0) is 26.7 Å². The van der Waals surface area contributed by atoms with Gasteiger partial charge in [0.25, 0.3) is 0 Å². The molecule has 6 heteroatoms. The fraction of sp³-hybridized carbons (Fsp3) is 0.750. The van der Waals surface area contributed by atoms with E-state index >= 15 is 0 Å². The molecule has 0 aromatic rings. The molecular formula is C12H14Br2O3S. The maximum absolute atomic E-state index is 12.9. The van der Waals surface area contributed by atoms with Gasteiger partial charge in [-0.25, -0.2) is 0 Å². The molecule has 1 aliphatic carbocycles. The quantitative estimate of drug-likeness (QED) is 0.639. The number of esters is 1. The van der Waals surface area contributed by atoms with Crippen molar-refractivity contribution in [3.63, 3.8) is 0 Å². The molecule has 3 aliphatic rings. The second kappa shape index (κ2) is 3.50. The Morgan fingerprint density at radius 1 is 1.33 bits per heavy atom. The largest absolute Gasteiger partial charge is 0.469 e. The highest BCUT2D eigenvalue weighted by Crippen LogP contribution is 2.78. The molecule has 4 atom stereocenters. The van der Waals surface area contributed by atoms with E-state index in [4.69, 9.17) is 4.74 Å². The summed E-state index contributed by atoms with van der Waals surface area (Å²) in [6.07, 6.45) is 1.89. The van der Waals surface area contributed by atoms with Gasteiger partial charge in [-0.1, -0.05) is 31.9 Å². The van der Waals surface area contributed by atoms with Gasteiger partial charge in [0.15, 0.2) is 0 Å². The molecule has 0 radical (unpaired) electrons. The molecule has 0 amide bonds. The molecule has 1 saturated heterocycles. The molecule has 0 aromatic heterocycles. The number of fused-ring (bicyclic) bond motifs is 3. The zero-order valence-corrected chi connectivity index (χ0v) is 14.4. The molecule has 0 aromatic carbocycles. The molecule has 2 fully saturated rings. The zero-order chi connectivity index (χ0) is 13.5. The highest BCUT2D eigenvalue weighted by molar-refractivity contribution is 9.14. The van der Waals surface area contributed by atoms with Gasteiger partial charge in [-0.3, -0.25) is 9.00 Å². The molecule has 18 heavy (non-hydrogen) atoms. The Hall–Kier alpha value is 0.320. The molecule has 2 aliphatic heterocycles. The number of methoxy groups -OCH3 is 1. The van der Waals surface area contributed by atoms with Crippen LogP contribution in [0.5, 0.6) is 0 Å². The number of halogens is 2. The van der Waals surface area contributed by atoms with Gasteiger partial charge in [0.2, 0.25) is 0 Å². The standard InChI is InChI=1S/C12H14Br2O3S/c1-10-6(9(15)17-3)12(4-5-12)11(2,18(10)16)8(14)7(10)13/h6H,4-5H2,1-3H3/t6?,10?,11-,18?/m1/s1. The predicted octanol–water partition coefficient (Wildman–Crippen LogP) is 2.85. The van der Waals surface area contributed by atoms with E-state index in [9.17, 15) is 9.00 Å². The minimum absolute atomic E-state index is 0.185. The summed E-state index contributed by atoms with van der Waals surface area (Å²) in [5, 5.41) is 0. The molecule has 0 N–H and O–H groups in total. The fourth-order valence-corrected chi connectivity index (χ4v) is 9.10. The van der Waals surface area contributed by atoms with Crippen LogP contribution >= 0.6 is 31.9 Å². The van der Waals surface area contributed by atoms with Crippen LogP contribution in [0.2, 0.25) is 0 Å². The van der Waals surface area contributed by atoms with Gasteiger partial charge in [-0.2, -0.15) is 0 Å². The third-order valence-electron chi connectivity index (χ3n) is 5.08. The first-order chi connectivity index (χ1) is 8.28. The monoisotopic (exact) mass is 396 g/mol. The van der Waals surface area contributed by atoms with Gasteiger partial charge in [0, 0.05) is 25.2 Å². The Kier molecular flexibility index (Phi) is 2.59. The van der Waals surface area contributed by atoms with Crippen molar-refractivity contribution in [2.24, 2.45) is 11.3 Å². The van der Waals surface area contributed by atoms with Crippen molar-refractivity contribution in [2.75, 3.05) is 7.11 Å². The van der Waals surface area contributed by atoms with Crippen molar-refractivity contribution >= 4 is 48.6 Å². The molecule has 3 nitrogen and oxygen atoms in total. The van der Waals surface area contributed by atoms with Crippen molar-refractivity contribution in [2.45, 2.75) is 36.2 Å². The summed E-state index contributed by atoms with van der Waals surface area (Å²) in [5.41, 5.74) is -0.185. The van der Waals surface area contributed by atoms with Crippen LogP contribution in [-0.4, -0.2) is 26.8 Å². The summed E-state index contributed by atoms with van der Waals surface area (Å²) < 4.78 is 18.6. The number of hydrogen-bond donors (Lipinski definition) is 0. The van der Waals surface area contributed by atoms with E-state index in [0.29, 0.717) is 0 Å². The van der Waals surface area contributed by atoms with Gasteiger partial charge in [-0.15, -0.1) is 0 Å². The molecule has 2 bridgehead atoms. The van der Waals surface area contributed by atoms with E-state index < -0.39 is 20.3 Å². The van der Waals surface area contributed by atoms with Crippen molar-refractivity contribution in [1.29, 1.82) is 0 Å². The fourth-order valence-electron chi connectivity index (χ4n) is 3.92. The molecular weight excluding hydrogens is 384 g/mol. The average Bonchev–Trinajstić information content (AvgIpc) is 3.10. The number of hydrogen-bond acceptors (Lipinski definition) is 3. The van der Waals surface area contributed by atoms with Crippen LogP contribution in [-0.2, 0) is 20.3 Å². The molecule has 2 heterocycles. The topological polar surface area (TPSA) is 43.4 Å². The second-order valence-corrected chi connectivity index (χ2v) is 9.44. The summed E-state index contributed by atoms with van der Waals surface area (Å²) >= 11 is 7.14. The van der Waals surface area contributed by atoms with Crippen LogP contribution in [0.15, 0.2) is 8.96 Å². The lowest BCUT2D eigenvalue weighted by molar-refractivity contribution is -0.148. The normalized spacial score (nSPS) is 47.8. The van der Waals surface area contributed by atoms with Gasteiger partial charge in [0.05, 0.1) is 22.5 Å². The first-order valence-corrected chi connectivity index (χ1v) is 8.58. The molecule has 1 spiro atoms. The summed E-state index contributed by atoms with van der Waals surface area (Å²) in [6, 6.07) is 0. The average molecular weight is 398 g/mol. The Morgan fingerprint density at radius 2 is 1.89 bits per heavy atom. The number of carbonyl (C=O) groups is 1. The van der Waals surface area contributed by atoms with E-state index in [1.165, 1.54) is 7.11 Å². The van der Waals surface area contributed by atoms with Crippen molar-refractivity contribution < 1.29 is 13.7 Å². The lowest BCUT2D eigenvalue weighted by Gasteiger charge is -2.36. The smallest absolute Gasteiger partial charge is 0.311 e. The summed E-state index contributed by atoms with van der Waals surface area (Å²) in [4.78, 5) is 12.2. The minimum Gasteiger partial charge on any atom is -0.469 e. The summed E-state index contributed by atoms with van der Waals surface area (Å²) in [5.74, 6) is -0.541. The summed E-state index contributed by atoms with van der Waals surface area (Å²) in [7, 11) is 0.288. The first-order valence-electron chi connectivity index (χ1n) is 5.84. The lowest BCUT2D eigenvalue weighted by atomic mass is 9.69. The Bertz CT molecular complexity index is 525. The maximum atomic E-state index is 12.9. The minimum atomic E-state index is -1.12. The van der Waals surface area contributed by atoms with E-state index in [1.807, 2.05) is 13.8 Å². The predicted molar refractivity (Wildman–Crippen MR) is 77.0 cm³/mol. The van der Waals surface area contributed by atoms with Crippen molar-refractivity contribution in [1.82, 2.24) is 0 Å². The first kappa shape index (κ1) is 13.3. The summed E-state index contributed by atoms with van der Waals surface area (Å²) in [6.45, 7) is 3.92. The Balaban J connectivity index is 2.28. The molecule has 100 valence electrons. The van der Waals surface area contributed by atoms with Crippen LogP contribution in [0.1, 0.15) is 26.7 Å². The van der Waals surface area contributed by atoms with Crippen molar-refractivity contribution in [3.8, 4) is 0 Å². The third kappa shape index (κ3) is 1.05. The third-order valence-corrected chi connectivity index (χ3v) is 11.1. The van der Waals surface area contributed by atoms with Crippen LogP contribution in [0.4, 0.5) is 0 Å². The van der Waals surface area contributed by atoms with Crippen LogP contribution in [0, 0.1) is 11.3 Å². The molecule has 3 rings (SSSR count). The van der Waals surface area contributed by atoms with Gasteiger partial charge < -0.3 is 4.74 Å². The van der Waals surface area contributed by atoms with Crippen LogP contribution in [0.25, 0.3) is 0 Å². The number of ether oxygens (including phenoxy) is 1. The van der Waals surface area contributed by atoms with E-state index in [2.05, 4.69) is 31.9 Å². The van der Waals surface area contributed by atoms with Gasteiger partial charge >= 0.3 is 5.97 Å². The molecule has 1 saturated carbocycles. The van der Waals surface area contributed by atoms with Crippen LogP contribution in [0.3, 0.4) is 0 Å². The van der Waals surface area contributed by atoms with E-state index in [-0.39, 0.29) is 17.3 Å². The highest BCUT2D eigenvalue weighted by atomic mass is 79.9. The van der Waals surface area contributed by atoms with Gasteiger partial charge in [0.1, 0.15) is 0 Å².